The Morgan fingerprint density at radius 2 is 2.21 bits per heavy atom. The molecule has 0 bridgehead atoms. The van der Waals surface area contributed by atoms with Crippen molar-refractivity contribution in [3.05, 3.63) is 22.4 Å². The van der Waals surface area contributed by atoms with E-state index in [4.69, 9.17) is 0 Å². The third kappa shape index (κ3) is 1.51. The molecule has 2 saturated carbocycles. The quantitative estimate of drug-likeness (QED) is 0.791. The summed E-state index contributed by atoms with van der Waals surface area (Å²) in [5, 5.41) is 12.2. The molecule has 2 aliphatic rings. The van der Waals surface area contributed by atoms with E-state index < -0.39 is 0 Å². The Kier molecular flexibility index (Phi) is 2.14. The van der Waals surface area contributed by atoms with E-state index in [-0.39, 0.29) is 6.10 Å². The summed E-state index contributed by atoms with van der Waals surface area (Å²) in [5.74, 6) is 2.53. The van der Waals surface area contributed by atoms with Crippen molar-refractivity contribution in [1.29, 1.82) is 0 Å². The van der Waals surface area contributed by atoms with E-state index in [1.54, 1.807) is 11.3 Å². The molecule has 4 atom stereocenters. The van der Waals surface area contributed by atoms with Crippen LogP contribution in [0.25, 0.3) is 0 Å². The van der Waals surface area contributed by atoms with Gasteiger partial charge in [-0.15, -0.1) is 11.3 Å². The highest BCUT2D eigenvalue weighted by Gasteiger charge is 2.43. The molecule has 0 radical (unpaired) electrons. The lowest BCUT2D eigenvalue weighted by atomic mass is 9.85. The molecular formula is C12H16OS. The van der Waals surface area contributed by atoms with E-state index in [9.17, 15) is 5.11 Å². The predicted molar refractivity (Wildman–Crippen MR) is 58.2 cm³/mol. The minimum absolute atomic E-state index is 0.184. The van der Waals surface area contributed by atoms with E-state index >= 15 is 0 Å². The summed E-state index contributed by atoms with van der Waals surface area (Å²) >= 11 is 1.69. The van der Waals surface area contributed by atoms with Crippen LogP contribution < -0.4 is 0 Å². The van der Waals surface area contributed by atoms with Gasteiger partial charge in [-0.3, -0.25) is 0 Å². The maximum Gasteiger partial charge on any atom is 0.0910 e. The van der Waals surface area contributed by atoms with Crippen molar-refractivity contribution in [3.63, 3.8) is 0 Å². The summed E-state index contributed by atoms with van der Waals surface area (Å²) in [6.45, 7) is 0. The number of hydrogen-bond acceptors (Lipinski definition) is 2. The number of fused-ring (bicyclic) bond motifs is 1. The molecule has 1 N–H and O–H groups in total. The van der Waals surface area contributed by atoms with E-state index in [1.165, 1.54) is 25.7 Å². The Labute approximate surface area is 88.8 Å². The first-order valence-electron chi connectivity index (χ1n) is 5.56. The molecule has 4 unspecified atom stereocenters. The minimum Gasteiger partial charge on any atom is -0.387 e. The lowest BCUT2D eigenvalue weighted by Crippen LogP contribution is -2.16. The smallest absolute Gasteiger partial charge is 0.0910 e. The highest BCUT2D eigenvalue weighted by molar-refractivity contribution is 7.10. The van der Waals surface area contributed by atoms with Crippen LogP contribution >= 0.6 is 11.3 Å². The van der Waals surface area contributed by atoms with Gasteiger partial charge < -0.3 is 5.11 Å². The summed E-state index contributed by atoms with van der Waals surface area (Å²) in [6.07, 6.45) is 5.12. The van der Waals surface area contributed by atoms with E-state index in [2.05, 4.69) is 11.4 Å². The van der Waals surface area contributed by atoms with Gasteiger partial charge in [-0.25, -0.2) is 0 Å². The minimum atomic E-state index is -0.184. The summed E-state index contributed by atoms with van der Waals surface area (Å²) in [4.78, 5) is 1.16. The molecule has 14 heavy (non-hydrogen) atoms. The maximum absolute atomic E-state index is 10.2. The van der Waals surface area contributed by atoms with Crippen molar-refractivity contribution in [2.24, 2.45) is 17.8 Å². The van der Waals surface area contributed by atoms with Crippen LogP contribution in [0.4, 0.5) is 0 Å². The first-order chi connectivity index (χ1) is 6.84. The predicted octanol–water partition coefficient (Wildman–Crippen LogP) is 3.22. The molecule has 1 nitrogen and oxygen atoms in total. The summed E-state index contributed by atoms with van der Waals surface area (Å²) in [7, 11) is 0. The molecule has 2 heteroatoms. The molecule has 1 aromatic rings. The van der Waals surface area contributed by atoms with Gasteiger partial charge in [0.15, 0.2) is 0 Å². The summed E-state index contributed by atoms with van der Waals surface area (Å²) in [5.41, 5.74) is 0. The van der Waals surface area contributed by atoms with Gasteiger partial charge in [0.1, 0.15) is 0 Å². The third-order valence-corrected chi connectivity index (χ3v) is 4.81. The Balaban J connectivity index is 1.69. The van der Waals surface area contributed by atoms with Crippen LogP contribution in [0.5, 0.6) is 0 Å². The van der Waals surface area contributed by atoms with Crippen LogP contribution in [-0.4, -0.2) is 5.11 Å². The molecule has 76 valence electrons. The van der Waals surface area contributed by atoms with Crippen LogP contribution in [0.3, 0.4) is 0 Å². The van der Waals surface area contributed by atoms with Gasteiger partial charge in [-0.05, 0) is 54.9 Å². The van der Waals surface area contributed by atoms with Crippen LogP contribution in [0.2, 0.25) is 0 Å². The normalized spacial score (nSPS) is 37.6. The number of aliphatic hydroxyl groups excluding tert-OH is 1. The van der Waals surface area contributed by atoms with Gasteiger partial charge in [0.2, 0.25) is 0 Å². The number of thiophene rings is 1. The molecule has 0 amide bonds. The lowest BCUT2D eigenvalue weighted by Gasteiger charge is -2.25. The Bertz CT molecular complexity index is 306. The first-order valence-corrected chi connectivity index (χ1v) is 6.44. The van der Waals surface area contributed by atoms with Crippen molar-refractivity contribution in [3.8, 4) is 0 Å². The molecule has 1 aromatic heterocycles. The molecule has 1 heterocycles. The van der Waals surface area contributed by atoms with E-state index in [1.807, 2.05) is 6.07 Å². The largest absolute Gasteiger partial charge is 0.387 e. The zero-order valence-corrected chi connectivity index (χ0v) is 9.04. The summed E-state index contributed by atoms with van der Waals surface area (Å²) in [6, 6.07) is 4.10. The lowest BCUT2D eigenvalue weighted by molar-refractivity contribution is 0.0851. The molecule has 0 spiro atoms. The molecule has 0 aliphatic heterocycles. The maximum atomic E-state index is 10.2. The van der Waals surface area contributed by atoms with Crippen LogP contribution in [0, 0.1) is 17.8 Å². The highest BCUT2D eigenvalue weighted by atomic mass is 32.1. The van der Waals surface area contributed by atoms with Crippen molar-refractivity contribution in [1.82, 2.24) is 0 Å². The second kappa shape index (κ2) is 3.35. The van der Waals surface area contributed by atoms with Crippen molar-refractivity contribution in [2.45, 2.75) is 31.8 Å². The molecule has 2 fully saturated rings. The third-order valence-electron chi connectivity index (χ3n) is 3.86. The summed E-state index contributed by atoms with van der Waals surface area (Å²) < 4.78 is 0. The molecule has 3 rings (SSSR count). The molecule has 0 saturated heterocycles. The van der Waals surface area contributed by atoms with Gasteiger partial charge in [-0.2, -0.15) is 0 Å². The fourth-order valence-corrected chi connectivity index (χ4v) is 3.67. The fraction of sp³-hybridized carbons (Fsp3) is 0.667. The molecule has 0 aromatic carbocycles. The Morgan fingerprint density at radius 1 is 1.29 bits per heavy atom. The van der Waals surface area contributed by atoms with Gasteiger partial charge in [-0.1, -0.05) is 6.07 Å². The van der Waals surface area contributed by atoms with E-state index in [0.29, 0.717) is 5.92 Å². The average molecular weight is 208 g/mol. The van der Waals surface area contributed by atoms with Gasteiger partial charge in [0, 0.05) is 4.88 Å². The number of hydrogen-bond donors (Lipinski definition) is 1. The van der Waals surface area contributed by atoms with Crippen LogP contribution in [0.15, 0.2) is 17.5 Å². The highest BCUT2D eigenvalue weighted by Crippen LogP contribution is 2.53. The van der Waals surface area contributed by atoms with Crippen molar-refractivity contribution in [2.75, 3.05) is 0 Å². The number of aliphatic hydroxyl groups is 1. The zero-order valence-electron chi connectivity index (χ0n) is 8.23. The van der Waals surface area contributed by atoms with Crippen molar-refractivity contribution < 1.29 is 5.11 Å². The van der Waals surface area contributed by atoms with E-state index in [0.717, 1.165) is 16.7 Å². The fourth-order valence-electron chi connectivity index (χ4n) is 2.87. The molecular weight excluding hydrogens is 192 g/mol. The second-order valence-corrected chi connectivity index (χ2v) is 5.77. The standard InChI is InChI=1S/C12H16OS/c13-12(11-2-1-5-14-11)9-4-3-8-6-10(8)7-9/h1-2,5,8-10,12-13H,3-4,6-7H2. The van der Waals surface area contributed by atoms with Gasteiger partial charge >= 0.3 is 0 Å². The average Bonchev–Trinajstić information content (AvgIpc) is 2.78. The monoisotopic (exact) mass is 208 g/mol. The SMILES string of the molecule is OC(c1cccs1)C1CCC2CC2C1. The Hall–Kier alpha value is -0.340. The Morgan fingerprint density at radius 3 is 2.93 bits per heavy atom. The number of rotatable bonds is 2. The van der Waals surface area contributed by atoms with Crippen LogP contribution in [0.1, 0.15) is 36.7 Å². The van der Waals surface area contributed by atoms with Gasteiger partial charge in [0.25, 0.3) is 0 Å². The van der Waals surface area contributed by atoms with Gasteiger partial charge in [0.05, 0.1) is 6.10 Å². The molecule has 2 aliphatic carbocycles. The van der Waals surface area contributed by atoms with Crippen molar-refractivity contribution >= 4 is 11.3 Å². The topological polar surface area (TPSA) is 20.2 Å². The second-order valence-electron chi connectivity index (χ2n) is 4.79. The zero-order chi connectivity index (χ0) is 9.54. The van der Waals surface area contributed by atoms with Crippen LogP contribution in [-0.2, 0) is 0 Å². The first kappa shape index (κ1) is 8.93.